The van der Waals surface area contributed by atoms with Gasteiger partial charge in [-0.3, -0.25) is 0 Å². The van der Waals surface area contributed by atoms with Gasteiger partial charge in [0.25, 0.3) is 0 Å². The van der Waals surface area contributed by atoms with Gasteiger partial charge in [-0.1, -0.05) is 24.3 Å². The van der Waals surface area contributed by atoms with Gasteiger partial charge < -0.3 is 9.84 Å². The molecule has 0 bridgehead atoms. The molecule has 1 aliphatic heterocycles. The molecule has 1 aliphatic rings. The van der Waals surface area contributed by atoms with Crippen molar-refractivity contribution in [2.45, 2.75) is 19.1 Å². The molecule has 64 valence electrons. The van der Waals surface area contributed by atoms with Crippen LogP contribution in [0.1, 0.15) is 17.2 Å². The molecule has 0 radical (unpaired) electrons. The number of hydrogen-bond acceptors (Lipinski definition) is 2. The summed E-state index contributed by atoms with van der Waals surface area (Å²) in [5.74, 6) is 0. The molecule has 1 aromatic rings. The molecular formula is C10H12O2. The quantitative estimate of drug-likeness (QED) is 0.671. The van der Waals surface area contributed by atoms with Crippen LogP contribution < -0.4 is 0 Å². The highest BCUT2D eigenvalue weighted by molar-refractivity contribution is 5.30. The summed E-state index contributed by atoms with van der Waals surface area (Å²) >= 11 is 0. The van der Waals surface area contributed by atoms with Gasteiger partial charge in [-0.05, 0) is 18.1 Å². The van der Waals surface area contributed by atoms with E-state index in [1.165, 1.54) is 11.1 Å². The number of epoxide rings is 1. The zero-order chi connectivity index (χ0) is 8.55. The molecule has 1 heterocycles. The number of hydrogen-bond donors (Lipinski definition) is 1. The lowest BCUT2D eigenvalue weighted by molar-refractivity contribution is 0.242. The number of rotatable bonds is 2. The Hall–Kier alpha value is -0.860. The Balaban J connectivity index is 2.19. The van der Waals surface area contributed by atoms with Crippen molar-refractivity contribution >= 4 is 0 Å². The molecule has 1 fully saturated rings. The van der Waals surface area contributed by atoms with Crippen LogP contribution in [0.2, 0.25) is 0 Å². The van der Waals surface area contributed by atoms with E-state index in [4.69, 9.17) is 9.84 Å². The van der Waals surface area contributed by atoms with Gasteiger partial charge in [-0.2, -0.15) is 0 Å². The molecule has 1 N–H and O–H groups in total. The molecule has 0 spiro atoms. The molecule has 1 saturated heterocycles. The summed E-state index contributed by atoms with van der Waals surface area (Å²) in [6.07, 6.45) is 0.169. The number of benzene rings is 1. The van der Waals surface area contributed by atoms with Crippen molar-refractivity contribution in [3.05, 3.63) is 35.4 Å². The predicted octanol–water partition coefficient (Wildman–Crippen LogP) is 1.43. The first-order valence-electron chi connectivity index (χ1n) is 4.15. The van der Waals surface area contributed by atoms with Crippen molar-refractivity contribution in [2.24, 2.45) is 0 Å². The van der Waals surface area contributed by atoms with Crippen molar-refractivity contribution in [2.75, 3.05) is 6.61 Å². The monoisotopic (exact) mass is 164 g/mol. The average molecular weight is 164 g/mol. The highest BCUT2D eigenvalue weighted by Crippen LogP contribution is 2.39. The van der Waals surface area contributed by atoms with Crippen LogP contribution >= 0.6 is 0 Å². The Morgan fingerprint density at radius 1 is 1.42 bits per heavy atom. The molecule has 0 saturated carbocycles. The zero-order valence-corrected chi connectivity index (χ0v) is 7.03. The largest absolute Gasteiger partial charge is 0.394 e. The van der Waals surface area contributed by atoms with Crippen molar-refractivity contribution in [1.82, 2.24) is 0 Å². The van der Waals surface area contributed by atoms with E-state index in [-0.39, 0.29) is 18.8 Å². The fraction of sp³-hybridized carbons (Fsp3) is 0.400. The van der Waals surface area contributed by atoms with Crippen LogP contribution in [0.3, 0.4) is 0 Å². The number of aryl methyl sites for hydroxylation is 1. The van der Waals surface area contributed by atoms with Gasteiger partial charge in [0, 0.05) is 0 Å². The fourth-order valence-electron chi connectivity index (χ4n) is 1.46. The molecule has 0 aliphatic carbocycles. The fourth-order valence-corrected chi connectivity index (χ4v) is 1.46. The molecule has 0 unspecified atom stereocenters. The maximum atomic E-state index is 8.80. The zero-order valence-electron chi connectivity index (χ0n) is 7.03. The minimum atomic E-state index is 0.0334. The summed E-state index contributed by atoms with van der Waals surface area (Å²) in [6.45, 7) is 2.18. The number of ether oxygens (including phenoxy) is 1. The van der Waals surface area contributed by atoms with Gasteiger partial charge in [0.1, 0.15) is 12.2 Å². The lowest BCUT2D eigenvalue weighted by Gasteiger charge is -1.99. The van der Waals surface area contributed by atoms with Crippen LogP contribution in [0.15, 0.2) is 24.3 Å². The molecule has 1 aromatic carbocycles. The van der Waals surface area contributed by atoms with Crippen molar-refractivity contribution < 1.29 is 9.84 Å². The van der Waals surface area contributed by atoms with Crippen molar-refractivity contribution in [3.8, 4) is 0 Å². The summed E-state index contributed by atoms with van der Waals surface area (Å²) in [4.78, 5) is 0. The summed E-state index contributed by atoms with van der Waals surface area (Å²) in [5.41, 5.74) is 2.44. The second-order valence-electron chi connectivity index (χ2n) is 3.13. The topological polar surface area (TPSA) is 32.8 Å². The number of aliphatic hydroxyl groups excluding tert-OH is 1. The Bertz CT molecular complexity index is 283. The Labute approximate surface area is 71.8 Å². The van der Waals surface area contributed by atoms with E-state index in [2.05, 4.69) is 19.1 Å². The third-order valence-electron chi connectivity index (χ3n) is 2.26. The first-order valence-corrected chi connectivity index (χ1v) is 4.15. The van der Waals surface area contributed by atoms with E-state index in [1.54, 1.807) is 0 Å². The predicted molar refractivity (Wildman–Crippen MR) is 45.9 cm³/mol. The summed E-state index contributed by atoms with van der Waals surface area (Å²) in [5, 5.41) is 8.80. The first kappa shape index (κ1) is 7.77. The van der Waals surface area contributed by atoms with E-state index in [0.29, 0.717) is 0 Å². The summed E-state index contributed by atoms with van der Waals surface area (Å²) in [7, 11) is 0. The highest BCUT2D eigenvalue weighted by Gasteiger charge is 2.39. The molecule has 0 amide bonds. The first-order chi connectivity index (χ1) is 5.83. The van der Waals surface area contributed by atoms with Crippen LogP contribution in [0.5, 0.6) is 0 Å². The van der Waals surface area contributed by atoms with Gasteiger partial charge in [0.05, 0.1) is 6.61 Å². The van der Waals surface area contributed by atoms with Gasteiger partial charge in [0.2, 0.25) is 0 Å². The Morgan fingerprint density at radius 3 is 2.75 bits per heavy atom. The molecule has 2 nitrogen and oxygen atoms in total. The van der Waals surface area contributed by atoms with Crippen LogP contribution in [0.25, 0.3) is 0 Å². The highest BCUT2D eigenvalue weighted by atomic mass is 16.6. The second kappa shape index (κ2) is 2.88. The Morgan fingerprint density at radius 2 is 2.17 bits per heavy atom. The van der Waals surface area contributed by atoms with Gasteiger partial charge >= 0.3 is 0 Å². The third kappa shape index (κ3) is 1.24. The van der Waals surface area contributed by atoms with E-state index < -0.39 is 0 Å². The lowest BCUT2D eigenvalue weighted by Crippen LogP contribution is -1.95. The molecule has 2 atom stereocenters. The molecule has 0 aromatic heterocycles. The van der Waals surface area contributed by atoms with Crippen LogP contribution in [0, 0.1) is 6.92 Å². The van der Waals surface area contributed by atoms with Crippen molar-refractivity contribution in [1.29, 1.82) is 0 Å². The second-order valence-corrected chi connectivity index (χ2v) is 3.13. The number of aliphatic hydroxyl groups is 1. The van der Waals surface area contributed by atoms with Crippen LogP contribution in [-0.4, -0.2) is 17.8 Å². The maximum absolute atomic E-state index is 8.80. The van der Waals surface area contributed by atoms with E-state index in [0.717, 1.165) is 0 Å². The van der Waals surface area contributed by atoms with Crippen LogP contribution in [-0.2, 0) is 4.74 Å². The van der Waals surface area contributed by atoms with Crippen LogP contribution in [0.4, 0.5) is 0 Å². The minimum Gasteiger partial charge on any atom is -0.394 e. The summed E-state index contributed by atoms with van der Waals surface area (Å²) in [6, 6.07) is 8.12. The van der Waals surface area contributed by atoms with E-state index in [9.17, 15) is 0 Å². The standard InChI is InChI=1S/C10H12O2/c1-7-4-2-3-5-8(7)10-9(6-11)12-10/h2-5,9-11H,6H2,1H3/t9-,10-/m0/s1. The summed E-state index contributed by atoms with van der Waals surface area (Å²) < 4.78 is 5.28. The molecule has 2 heteroatoms. The van der Waals surface area contributed by atoms with E-state index in [1.807, 2.05) is 12.1 Å². The van der Waals surface area contributed by atoms with Gasteiger partial charge in [-0.15, -0.1) is 0 Å². The normalized spacial score (nSPS) is 27.2. The maximum Gasteiger partial charge on any atom is 0.112 e. The van der Waals surface area contributed by atoms with Gasteiger partial charge in [-0.25, -0.2) is 0 Å². The Kier molecular flexibility index (Phi) is 1.87. The van der Waals surface area contributed by atoms with Gasteiger partial charge in [0.15, 0.2) is 0 Å². The molecule has 12 heavy (non-hydrogen) atoms. The molecule has 2 rings (SSSR count). The molecular weight excluding hydrogens is 152 g/mol. The third-order valence-corrected chi connectivity index (χ3v) is 2.26. The lowest BCUT2D eigenvalue weighted by atomic mass is 10.0. The van der Waals surface area contributed by atoms with E-state index >= 15 is 0 Å². The minimum absolute atomic E-state index is 0.0334. The van der Waals surface area contributed by atoms with Crippen molar-refractivity contribution in [3.63, 3.8) is 0 Å². The average Bonchev–Trinajstić information content (AvgIpc) is 2.84. The smallest absolute Gasteiger partial charge is 0.112 e. The SMILES string of the molecule is Cc1ccccc1[C@@H]1O[C@H]1CO.